The van der Waals surface area contributed by atoms with Crippen LogP contribution in [-0.2, 0) is 10.0 Å². The Balaban J connectivity index is 2.65. The zero-order valence-corrected chi connectivity index (χ0v) is 8.21. The summed E-state index contributed by atoms with van der Waals surface area (Å²) in [5, 5.41) is 4.23. The lowest BCUT2D eigenvalue weighted by Crippen LogP contribution is -2.18. The molecule has 5 nitrogen and oxygen atoms in total. The molecule has 0 saturated carbocycles. The molecule has 0 aliphatic rings. The summed E-state index contributed by atoms with van der Waals surface area (Å²) in [6, 6.07) is 4.56. The van der Waals surface area contributed by atoms with Crippen molar-refractivity contribution in [3.63, 3.8) is 0 Å². The normalized spacial score (nSPS) is 12.1. The van der Waals surface area contributed by atoms with E-state index in [9.17, 15) is 8.42 Å². The van der Waals surface area contributed by atoms with Crippen molar-refractivity contribution in [2.45, 2.75) is 4.90 Å². The first-order chi connectivity index (χ1) is 6.63. The van der Waals surface area contributed by atoms with Gasteiger partial charge in [0, 0.05) is 5.39 Å². The molecule has 0 spiro atoms. The summed E-state index contributed by atoms with van der Waals surface area (Å²) in [4.78, 5) is 0.204. The summed E-state index contributed by atoms with van der Waals surface area (Å²) in [7, 11) is -2.02. The summed E-state index contributed by atoms with van der Waals surface area (Å²) in [6.45, 7) is 0. The summed E-state index contributed by atoms with van der Waals surface area (Å²) in [5.74, 6) is 0. The van der Waals surface area contributed by atoms with Crippen molar-refractivity contribution >= 4 is 21.0 Å². The molecule has 0 radical (unpaired) electrons. The van der Waals surface area contributed by atoms with Gasteiger partial charge < -0.3 is 4.52 Å². The fourth-order valence-corrected chi connectivity index (χ4v) is 1.90. The van der Waals surface area contributed by atoms with Gasteiger partial charge in [-0.1, -0.05) is 5.16 Å². The summed E-state index contributed by atoms with van der Waals surface area (Å²) in [5.41, 5.74) is 0.569. The number of aromatic nitrogens is 1. The smallest absolute Gasteiger partial charge is 0.240 e. The fourth-order valence-electron chi connectivity index (χ4n) is 1.14. The predicted octanol–water partition coefficient (Wildman–Crippen LogP) is 0.736. The second-order valence-electron chi connectivity index (χ2n) is 2.73. The molecule has 2 rings (SSSR count). The van der Waals surface area contributed by atoms with E-state index in [-0.39, 0.29) is 4.90 Å². The van der Waals surface area contributed by atoms with Gasteiger partial charge in [-0.15, -0.1) is 0 Å². The minimum Gasteiger partial charge on any atom is -0.356 e. The molecule has 1 aromatic carbocycles. The van der Waals surface area contributed by atoms with E-state index < -0.39 is 10.0 Å². The average molecular weight is 212 g/mol. The summed E-state index contributed by atoms with van der Waals surface area (Å²) >= 11 is 0. The van der Waals surface area contributed by atoms with Gasteiger partial charge in [-0.05, 0) is 25.2 Å². The monoisotopic (exact) mass is 212 g/mol. The van der Waals surface area contributed by atoms with Crippen LogP contribution in [0.5, 0.6) is 0 Å². The van der Waals surface area contributed by atoms with E-state index in [2.05, 4.69) is 9.88 Å². The van der Waals surface area contributed by atoms with Crippen molar-refractivity contribution in [2.75, 3.05) is 7.05 Å². The largest absolute Gasteiger partial charge is 0.356 e. The summed E-state index contributed by atoms with van der Waals surface area (Å²) in [6.07, 6.45) is 1.48. The molecule has 14 heavy (non-hydrogen) atoms. The number of hydrogen-bond donors (Lipinski definition) is 1. The molecule has 0 fully saturated rings. The van der Waals surface area contributed by atoms with Gasteiger partial charge in [0.05, 0.1) is 11.1 Å². The van der Waals surface area contributed by atoms with Crippen LogP contribution in [0.4, 0.5) is 0 Å². The van der Waals surface area contributed by atoms with Gasteiger partial charge in [0.25, 0.3) is 0 Å². The average Bonchev–Trinajstić information content (AvgIpc) is 2.64. The molecule has 0 saturated heterocycles. The Morgan fingerprint density at radius 1 is 1.43 bits per heavy atom. The number of nitrogens with zero attached hydrogens (tertiary/aromatic N) is 1. The zero-order chi connectivity index (χ0) is 10.2. The van der Waals surface area contributed by atoms with Gasteiger partial charge in [0.15, 0.2) is 5.58 Å². The third kappa shape index (κ3) is 1.38. The quantitative estimate of drug-likeness (QED) is 0.796. The second-order valence-corrected chi connectivity index (χ2v) is 4.62. The van der Waals surface area contributed by atoms with E-state index in [0.29, 0.717) is 11.0 Å². The molecule has 74 valence electrons. The van der Waals surface area contributed by atoms with Crippen molar-refractivity contribution in [3.05, 3.63) is 24.4 Å². The number of sulfonamides is 1. The van der Waals surface area contributed by atoms with Crippen LogP contribution < -0.4 is 4.72 Å². The van der Waals surface area contributed by atoms with Crippen LogP contribution in [0.3, 0.4) is 0 Å². The van der Waals surface area contributed by atoms with Gasteiger partial charge in [-0.3, -0.25) is 0 Å². The first-order valence-corrected chi connectivity index (χ1v) is 5.40. The fraction of sp³-hybridized carbons (Fsp3) is 0.125. The Bertz CT molecular complexity index is 559. The van der Waals surface area contributed by atoms with Crippen LogP contribution in [0.15, 0.2) is 33.8 Å². The molecule has 0 atom stereocenters. The highest BCUT2D eigenvalue weighted by Gasteiger charge is 2.12. The van der Waals surface area contributed by atoms with Crippen LogP contribution in [0.1, 0.15) is 0 Å². The maximum Gasteiger partial charge on any atom is 0.240 e. The molecule has 0 amide bonds. The van der Waals surface area contributed by atoms with Crippen molar-refractivity contribution in [2.24, 2.45) is 0 Å². The maximum atomic E-state index is 11.4. The van der Waals surface area contributed by atoms with Gasteiger partial charge in [-0.2, -0.15) is 0 Å². The number of nitrogens with one attached hydrogen (secondary N) is 1. The van der Waals surface area contributed by atoms with Gasteiger partial charge in [-0.25, -0.2) is 13.1 Å². The van der Waals surface area contributed by atoms with E-state index in [1.54, 1.807) is 6.07 Å². The Hall–Kier alpha value is -1.40. The molecular weight excluding hydrogens is 204 g/mol. The van der Waals surface area contributed by atoms with Crippen LogP contribution in [0.2, 0.25) is 0 Å². The summed E-state index contributed by atoms with van der Waals surface area (Å²) < 4.78 is 29.9. The molecule has 1 heterocycles. The minimum absolute atomic E-state index is 0.204. The number of hydrogen-bond acceptors (Lipinski definition) is 4. The second kappa shape index (κ2) is 3.07. The molecule has 2 aromatic rings. The molecule has 1 N–H and O–H groups in total. The Morgan fingerprint density at radius 3 is 2.93 bits per heavy atom. The molecular formula is C8H8N2O3S. The Labute approximate surface area is 80.8 Å². The van der Waals surface area contributed by atoms with E-state index in [4.69, 9.17) is 4.52 Å². The molecule has 6 heteroatoms. The highest BCUT2D eigenvalue weighted by Crippen LogP contribution is 2.17. The Kier molecular flexibility index (Phi) is 2.01. The zero-order valence-electron chi connectivity index (χ0n) is 7.39. The van der Waals surface area contributed by atoms with Gasteiger partial charge >= 0.3 is 0 Å². The highest BCUT2D eigenvalue weighted by molar-refractivity contribution is 7.89. The lowest BCUT2D eigenvalue weighted by atomic mass is 10.3. The highest BCUT2D eigenvalue weighted by atomic mass is 32.2. The van der Waals surface area contributed by atoms with Crippen LogP contribution in [0.25, 0.3) is 11.0 Å². The van der Waals surface area contributed by atoms with Crippen LogP contribution >= 0.6 is 0 Å². The minimum atomic E-state index is -3.39. The van der Waals surface area contributed by atoms with E-state index in [1.807, 2.05) is 0 Å². The molecule has 0 aliphatic carbocycles. The van der Waals surface area contributed by atoms with E-state index >= 15 is 0 Å². The van der Waals surface area contributed by atoms with Gasteiger partial charge in [0.2, 0.25) is 10.0 Å². The predicted molar refractivity (Wildman–Crippen MR) is 50.3 cm³/mol. The first-order valence-electron chi connectivity index (χ1n) is 3.91. The third-order valence-electron chi connectivity index (χ3n) is 1.90. The number of fused-ring (bicyclic) bond motifs is 1. The van der Waals surface area contributed by atoms with E-state index in [0.717, 1.165) is 0 Å². The SMILES string of the molecule is CNS(=O)(=O)c1ccc2oncc2c1. The third-order valence-corrected chi connectivity index (χ3v) is 3.32. The van der Waals surface area contributed by atoms with Crippen molar-refractivity contribution < 1.29 is 12.9 Å². The van der Waals surface area contributed by atoms with Crippen molar-refractivity contribution in [1.82, 2.24) is 9.88 Å². The van der Waals surface area contributed by atoms with Crippen LogP contribution in [0, 0.1) is 0 Å². The topological polar surface area (TPSA) is 72.2 Å². The van der Waals surface area contributed by atoms with Crippen LogP contribution in [-0.4, -0.2) is 20.6 Å². The molecule has 0 aliphatic heterocycles. The molecule has 0 bridgehead atoms. The molecule has 1 aromatic heterocycles. The standard InChI is InChI=1S/C8H8N2O3S/c1-9-14(11,12)7-2-3-8-6(4-7)5-10-13-8/h2-5,9H,1H3. The van der Waals surface area contributed by atoms with Crippen molar-refractivity contribution in [1.29, 1.82) is 0 Å². The molecule has 0 unspecified atom stereocenters. The lowest BCUT2D eigenvalue weighted by molar-refractivity contribution is 0.456. The van der Waals surface area contributed by atoms with E-state index in [1.165, 1.54) is 25.4 Å². The Morgan fingerprint density at radius 2 is 2.21 bits per heavy atom. The number of rotatable bonds is 2. The number of benzene rings is 1. The lowest BCUT2D eigenvalue weighted by Gasteiger charge is -2.00. The first kappa shape index (κ1) is 9.17. The van der Waals surface area contributed by atoms with Crippen molar-refractivity contribution in [3.8, 4) is 0 Å². The maximum absolute atomic E-state index is 11.4. The van der Waals surface area contributed by atoms with Gasteiger partial charge in [0.1, 0.15) is 0 Å².